The molecule has 4 N–H and O–H groups in total. The van der Waals surface area contributed by atoms with Crippen LogP contribution in [-0.4, -0.2) is 31.5 Å². The first kappa shape index (κ1) is 13.2. The number of hydrazine groups is 1. The summed E-state index contributed by atoms with van der Waals surface area (Å²) in [5.74, 6) is 5.43. The second-order valence-electron chi connectivity index (χ2n) is 3.14. The van der Waals surface area contributed by atoms with Gasteiger partial charge >= 0.3 is 6.01 Å². The van der Waals surface area contributed by atoms with E-state index in [9.17, 15) is 4.79 Å². The van der Waals surface area contributed by atoms with Crippen molar-refractivity contribution in [3.05, 3.63) is 22.6 Å². The summed E-state index contributed by atoms with van der Waals surface area (Å²) in [6.45, 7) is 2.22. The normalized spacial score (nSPS) is 10.2. The van der Waals surface area contributed by atoms with Gasteiger partial charge in [0.1, 0.15) is 0 Å². The third-order valence-electron chi connectivity index (χ3n) is 1.83. The van der Waals surface area contributed by atoms with Crippen molar-refractivity contribution < 1.29 is 4.74 Å². The number of ether oxygens (including phenoxy) is 1. The predicted octanol–water partition coefficient (Wildman–Crippen LogP) is -0.210. The molecule has 0 saturated heterocycles. The van der Waals surface area contributed by atoms with Crippen LogP contribution in [0.15, 0.2) is 27.4 Å². The van der Waals surface area contributed by atoms with E-state index in [1.807, 2.05) is 6.92 Å². The minimum atomic E-state index is -0.256. The molecule has 0 fully saturated rings. The molecule has 0 atom stereocenters. The molecule has 0 amide bonds. The second kappa shape index (κ2) is 6.11. The van der Waals surface area contributed by atoms with E-state index in [4.69, 9.17) is 10.6 Å². The van der Waals surface area contributed by atoms with E-state index in [2.05, 4.69) is 30.3 Å². The highest BCUT2D eigenvalue weighted by Crippen LogP contribution is 2.21. The van der Waals surface area contributed by atoms with Gasteiger partial charge in [0.15, 0.2) is 5.16 Å². The number of nitrogens with zero attached hydrogens (tertiary/aromatic N) is 4. The molecule has 0 saturated carbocycles. The highest BCUT2D eigenvalue weighted by atomic mass is 32.2. The Morgan fingerprint density at radius 3 is 3.00 bits per heavy atom. The lowest BCUT2D eigenvalue weighted by Crippen LogP contribution is -2.13. The highest BCUT2D eigenvalue weighted by Gasteiger charge is 2.09. The minimum absolute atomic E-state index is 0.145. The van der Waals surface area contributed by atoms with Crippen molar-refractivity contribution in [3.8, 4) is 6.01 Å². The van der Waals surface area contributed by atoms with E-state index >= 15 is 0 Å². The lowest BCUT2D eigenvalue weighted by Gasteiger charge is -2.05. The fourth-order valence-electron chi connectivity index (χ4n) is 1.13. The standard InChI is InChI=1S/C9H11N7O2S/c1-2-18-7-13-6(16-10)14-9(15-7)19-8-11-4-3-5(17)12-8/h3-4H,2,10H2,1H3,(H,11,12,17)(H,13,14,15,16). The van der Waals surface area contributed by atoms with E-state index in [0.29, 0.717) is 16.9 Å². The minimum Gasteiger partial charge on any atom is -0.464 e. The van der Waals surface area contributed by atoms with Crippen LogP contribution >= 0.6 is 11.8 Å². The molecule has 0 unspecified atom stereocenters. The second-order valence-corrected chi connectivity index (χ2v) is 4.10. The third-order valence-corrected chi connectivity index (χ3v) is 2.60. The van der Waals surface area contributed by atoms with Gasteiger partial charge in [-0.15, -0.1) is 0 Å². The molecule has 0 aliphatic rings. The Hall–Kier alpha value is -2.20. The molecule has 2 heterocycles. The molecule has 0 aliphatic carbocycles. The van der Waals surface area contributed by atoms with Crippen LogP contribution in [0, 0.1) is 0 Å². The Balaban J connectivity index is 2.28. The van der Waals surface area contributed by atoms with Crippen LogP contribution in [0.1, 0.15) is 6.92 Å². The summed E-state index contributed by atoms with van der Waals surface area (Å²) in [5.41, 5.74) is 2.06. The molecule has 0 radical (unpaired) electrons. The maximum absolute atomic E-state index is 11.2. The van der Waals surface area contributed by atoms with Crippen molar-refractivity contribution in [2.45, 2.75) is 17.2 Å². The summed E-state index contributed by atoms with van der Waals surface area (Å²) in [7, 11) is 0. The van der Waals surface area contributed by atoms with Gasteiger partial charge in [-0.05, 0) is 18.7 Å². The van der Waals surface area contributed by atoms with Crippen LogP contribution in [0.25, 0.3) is 0 Å². The van der Waals surface area contributed by atoms with Gasteiger partial charge < -0.3 is 9.72 Å². The molecule has 0 spiro atoms. The number of aromatic amines is 1. The van der Waals surface area contributed by atoms with E-state index in [1.165, 1.54) is 12.3 Å². The van der Waals surface area contributed by atoms with Gasteiger partial charge in [0.05, 0.1) is 6.61 Å². The van der Waals surface area contributed by atoms with Gasteiger partial charge in [0.2, 0.25) is 11.1 Å². The first-order valence-electron chi connectivity index (χ1n) is 5.30. The molecular formula is C9H11N7O2S. The topological polar surface area (TPSA) is 132 Å². The smallest absolute Gasteiger partial charge is 0.322 e. The van der Waals surface area contributed by atoms with Crippen LogP contribution in [0.2, 0.25) is 0 Å². The Morgan fingerprint density at radius 1 is 1.47 bits per heavy atom. The maximum atomic E-state index is 11.2. The van der Waals surface area contributed by atoms with Gasteiger partial charge in [-0.3, -0.25) is 10.2 Å². The molecule has 0 bridgehead atoms. The van der Waals surface area contributed by atoms with Crippen molar-refractivity contribution >= 4 is 17.7 Å². The monoisotopic (exact) mass is 281 g/mol. The summed E-state index contributed by atoms with van der Waals surface area (Å²) in [6, 6.07) is 1.46. The van der Waals surface area contributed by atoms with Gasteiger partial charge in [0.25, 0.3) is 5.56 Å². The molecule has 19 heavy (non-hydrogen) atoms. The summed E-state index contributed by atoms with van der Waals surface area (Å²) >= 11 is 1.07. The summed E-state index contributed by atoms with van der Waals surface area (Å²) in [6.07, 6.45) is 1.40. The van der Waals surface area contributed by atoms with Gasteiger partial charge in [-0.2, -0.15) is 15.0 Å². The van der Waals surface area contributed by atoms with Crippen LogP contribution in [0.3, 0.4) is 0 Å². The number of aromatic nitrogens is 5. The van der Waals surface area contributed by atoms with Crippen LogP contribution in [-0.2, 0) is 0 Å². The van der Waals surface area contributed by atoms with Crippen LogP contribution < -0.4 is 21.6 Å². The summed E-state index contributed by atoms with van der Waals surface area (Å²) < 4.78 is 5.19. The average molecular weight is 281 g/mol. The maximum Gasteiger partial charge on any atom is 0.322 e. The molecule has 10 heteroatoms. The van der Waals surface area contributed by atoms with Crippen molar-refractivity contribution in [2.75, 3.05) is 12.0 Å². The first-order chi connectivity index (χ1) is 9.21. The Morgan fingerprint density at radius 2 is 2.32 bits per heavy atom. The molecule has 0 aliphatic heterocycles. The Bertz CT molecular complexity index is 618. The van der Waals surface area contributed by atoms with Gasteiger partial charge in [0, 0.05) is 12.3 Å². The number of rotatable bonds is 5. The number of anilines is 1. The van der Waals surface area contributed by atoms with Crippen molar-refractivity contribution in [1.29, 1.82) is 0 Å². The molecule has 2 aromatic rings. The highest BCUT2D eigenvalue weighted by molar-refractivity contribution is 7.99. The Kier molecular flexibility index (Phi) is 4.26. The van der Waals surface area contributed by atoms with Gasteiger partial charge in [-0.25, -0.2) is 10.8 Å². The largest absolute Gasteiger partial charge is 0.464 e. The Labute approximate surface area is 112 Å². The first-order valence-corrected chi connectivity index (χ1v) is 6.11. The lowest BCUT2D eigenvalue weighted by atomic mass is 10.7. The van der Waals surface area contributed by atoms with Crippen molar-refractivity contribution in [1.82, 2.24) is 24.9 Å². The molecule has 0 aromatic carbocycles. The zero-order valence-electron chi connectivity index (χ0n) is 9.95. The van der Waals surface area contributed by atoms with Gasteiger partial charge in [-0.1, -0.05) is 0 Å². The predicted molar refractivity (Wildman–Crippen MR) is 67.8 cm³/mol. The molecule has 2 aromatic heterocycles. The molecular weight excluding hydrogens is 270 g/mol. The molecule has 2 rings (SSSR count). The van der Waals surface area contributed by atoms with E-state index in [1.54, 1.807) is 0 Å². The summed E-state index contributed by atoms with van der Waals surface area (Å²) in [5, 5.41) is 0.671. The zero-order chi connectivity index (χ0) is 13.7. The SMILES string of the molecule is CCOc1nc(NN)nc(Sc2nccc(=O)[nH]2)n1. The van der Waals surface area contributed by atoms with E-state index in [0.717, 1.165) is 11.8 Å². The van der Waals surface area contributed by atoms with Crippen molar-refractivity contribution in [2.24, 2.45) is 5.84 Å². The van der Waals surface area contributed by atoms with Crippen molar-refractivity contribution in [3.63, 3.8) is 0 Å². The average Bonchev–Trinajstić information content (AvgIpc) is 2.39. The molecule has 9 nitrogen and oxygen atoms in total. The lowest BCUT2D eigenvalue weighted by molar-refractivity contribution is 0.308. The number of nitrogen functional groups attached to an aromatic ring is 1. The number of H-pyrrole nitrogens is 1. The number of nitrogens with two attached hydrogens (primary N) is 1. The fourth-order valence-corrected chi connectivity index (χ4v) is 1.83. The van der Waals surface area contributed by atoms with E-state index < -0.39 is 0 Å². The van der Waals surface area contributed by atoms with Crippen LogP contribution in [0.5, 0.6) is 6.01 Å². The fraction of sp³-hybridized carbons (Fsp3) is 0.222. The number of nitrogens with one attached hydrogen (secondary N) is 2. The van der Waals surface area contributed by atoms with E-state index in [-0.39, 0.29) is 17.5 Å². The van der Waals surface area contributed by atoms with Crippen LogP contribution in [0.4, 0.5) is 5.95 Å². The quantitative estimate of drug-likeness (QED) is 0.387. The zero-order valence-corrected chi connectivity index (χ0v) is 10.8. The number of hydrogen-bond acceptors (Lipinski definition) is 9. The third kappa shape index (κ3) is 3.63. The molecule has 100 valence electrons. The number of hydrogen-bond donors (Lipinski definition) is 3. The summed E-state index contributed by atoms with van der Waals surface area (Å²) in [4.78, 5) is 29.7.